The monoisotopic (exact) mass is 235 g/mol. The maximum absolute atomic E-state index is 10.4. The van der Waals surface area contributed by atoms with Crippen molar-refractivity contribution >= 4 is 0 Å². The fourth-order valence-corrected chi connectivity index (χ4v) is 2.05. The number of benzene rings is 1. The Bertz CT molecular complexity index is 307. The second kappa shape index (κ2) is 7.46. The van der Waals surface area contributed by atoms with E-state index in [1.165, 1.54) is 12.0 Å². The van der Waals surface area contributed by atoms with Crippen LogP contribution >= 0.6 is 0 Å². The Morgan fingerprint density at radius 3 is 2.35 bits per heavy atom. The van der Waals surface area contributed by atoms with Gasteiger partial charge in [0.15, 0.2) is 0 Å². The lowest BCUT2D eigenvalue weighted by Gasteiger charge is -2.24. The Hall–Kier alpha value is -0.860. The highest BCUT2D eigenvalue weighted by molar-refractivity contribution is 5.24. The van der Waals surface area contributed by atoms with Crippen LogP contribution in [0.5, 0.6) is 0 Å². The predicted octanol–water partition coefficient (Wildman–Crippen LogP) is 3.20. The molecule has 17 heavy (non-hydrogen) atoms. The molecule has 0 radical (unpaired) electrons. The summed E-state index contributed by atoms with van der Waals surface area (Å²) in [5, 5.41) is 13.7. The maximum Gasteiger partial charge on any atom is 0.0942 e. The number of hydrogen-bond acceptors (Lipinski definition) is 2. The molecular weight excluding hydrogens is 210 g/mol. The molecule has 2 unspecified atom stereocenters. The van der Waals surface area contributed by atoms with E-state index >= 15 is 0 Å². The molecule has 0 aliphatic heterocycles. The van der Waals surface area contributed by atoms with Gasteiger partial charge in [-0.3, -0.25) is 0 Å². The molecule has 96 valence electrons. The number of likely N-dealkylation sites (N-methyl/N-ethyl adjacent to an activating group) is 1. The van der Waals surface area contributed by atoms with Crippen molar-refractivity contribution in [3.05, 3.63) is 35.4 Å². The molecule has 1 rings (SSSR count). The molecule has 0 aliphatic rings. The summed E-state index contributed by atoms with van der Waals surface area (Å²) in [6.45, 7) is 7.23. The molecular formula is C15H25NO. The van der Waals surface area contributed by atoms with E-state index < -0.39 is 6.10 Å². The van der Waals surface area contributed by atoms with Gasteiger partial charge >= 0.3 is 0 Å². The molecule has 0 fully saturated rings. The van der Waals surface area contributed by atoms with Crippen molar-refractivity contribution in [2.24, 2.45) is 0 Å². The van der Waals surface area contributed by atoms with Crippen molar-refractivity contribution in [2.75, 3.05) is 6.54 Å². The maximum atomic E-state index is 10.4. The molecule has 1 aromatic rings. The highest BCUT2D eigenvalue weighted by Crippen LogP contribution is 2.20. The first-order chi connectivity index (χ1) is 8.19. The van der Waals surface area contributed by atoms with Crippen LogP contribution in [-0.2, 0) is 0 Å². The molecule has 0 saturated carbocycles. The van der Waals surface area contributed by atoms with Gasteiger partial charge in [0.05, 0.1) is 6.10 Å². The molecule has 2 N–H and O–H groups in total. The number of hydrogen-bond donors (Lipinski definition) is 2. The number of nitrogens with one attached hydrogen (secondary N) is 1. The van der Waals surface area contributed by atoms with E-state index in [9.17, 15) is 5.11 Å². The fraction of sp³-hybridized carbons (Fsp3) is 0.600. The topological polar surface area (TPSA) is 32.3 Å². The molecule has 2 nitrogen and oxygen atoms in total. The van der Waals surface area contributed by atoms with Crippen molar-refractivity contribution in [2.45, 2.75) is 52.2 Å². The van der Waals surface area contributed by atoms with Crippen LogP contribution in [0.15, 0.2) is 24.3 Å². The minimum Gasteiger partial charge on any atom is -0.387 e. The van der Waals surface area contributed by atoms with E-state index in [2.05, 4.69) is 38.2 Å². The Kier molecular flexibility index (Phi) is 6.23. The molecule has 0 bridgehead atoms. The number of aryl methyl sites for hydroxylation is 1. The van der Waals surface area contributed by atoms with Crippen molar-refractivity contribution in [3.8, 4) is 0 Å². The summed E-state index contributed by atoms with van der Waals surface area (Å²) in [5.41, 5.74) is 2.24. The van der Waals surface area contributed by atoms with E-state index in [0.717, 1.165) is 24.9 Å². The van der Waals surface area contributed by atoms with Crippen LogP contribution in [0.2, 0.25) is 0 Å². The Morgan fingerprint density at radius 1 is 1.18 bits per heavy atom. The highest BCUT2D eigenvalue weighted by atomic mass is 16.3. The lowest BCUT2D eigenvalue weighted by atomic mass is 9.97. The predicted molar refractivity (Wildman–Crippen MR) is 73.1 cm³/mol. The molecule has 0 aliphatic carbocycles. The molecule has 0 spiro atoms. The van der Waals surface area contributed by atoms with Gasteiger partial charge in [0.2, 0.25) is 0 Å². The highest BCUT2D eigenvalue weighted by Gasteiger charge is 2.19. The largest absolute Gasteiger partial charge is 0.387 e. The van der Waals surface area contributed by atoms with Gasteiger partial charge in [0.25, 0.3) is 0 Å². The molecule has 2 atom stereocenters. The Labute approximate surface area is 105 Å². The van der Waals surface area contributed by atoms with Gasteiger partial charge in [-0.2, -0.15) is 0 Å². The minimum absolute atomic E-state index is 0.169. The summed E-state index contributed by atoms with van der Waals surface area (Å²) in [6.07, 6.45) is 2.95. The van der Waals surface area contributed by atoms with Gasteiger partial charge in [-0.15, -0.1) is 0 Å². The molecule has 0 amide bonds. The smallest absolute Gasteiger partial charge is 0.0942 e. The average Bonchev–Trinajstić information content (AvgIpc) is 2.34. The Balaban J connectivity index is 2.68. The quantitative estimate of drug-likeness (QED) is 0.760. The van der Waals surface area contributed by atoms with Gasteiger partial charge in [-0.25, -0.2) is 0 Å². The van der Waals surface area contributed by atoms with Gasteiger partial charge in [-0.05, 0) is 25.5 Å². The lowest BCUT2D eigenvalue weighted by molar-refractivity contribution is 0.123. The number of rotatable bonds is 7. The Morgan fingerprint density at radius 2 is 1.82 bits per heavy atom. The first-order valence-corrected chi connectivity index (χ1v) is 6.67. The van der Waals surface area contributed by atoms with Crippen molar-refractivity contribution < 1.29 is 5.11 Å². The van der Waals surface area contributed by atoms with Gasteiger partial charge in [0.1, 0.15) is 0 Å². The van der Waals surface area contributed by atoms with Crippen LogP contribution in [-0.4, -0.2) is 17.7 Å². The summed E-state index contributed by atoms with van der Waals surface area (Å²) in [6, 6.07) is 8.33. The summed E-state index contributed by atoms with van der Waals surface area (Å²) < 4.78 is 0. The zero-order valence-corrected chi connectivity index (χ0v) is 11.2. The van der Waals surface area contributed by atoms with Crippen LogP contribution in [0, 0.1) is 6.92 Å². The van der Waals surface area contributed by atoms with Gasteiger partial charge in [-0.1, -0.05) is 56.5 Å². The molecule has 2 heteroatoms. The first kappa shape index (κ1) is 14.2. The molecule has 0 aromatic heterocycles. The third-order valence-corrected chi connectivity index (χ3v) is 3.13. The number of aliphatic hydroxyl groups excluding tert-OH is 1. The molecule has 1 aromatic carbocycles. The van der Waals surface area contributed by atoms with Crippen molar-refractivity contribution in [3.63, 3.8) is 0 Å². The van der Waals surface area contributed by atoms with E-state index in [1.807, 2.05) is 12.1 Å². The van der Waals surface area contributed by atoms with Crippen LogP contribution < -0.4 is 5.32 Å². The summed E-state index contributed by atoms with van der Waals surface area (Å²) >= 11 is 0. The van der Waals surface area contributed by atoms with Crippen LogP contribution in [0.1, 0.15) is 50.3 Å². The molecule has 0 saturated heterocycles. The second-order valence-corrected chi connectivity index (χ2v) is 4.66. The number of unbranched alkanes of at least 4 members (excludes halogenated alkanes) is 1. The second-order valence-electron chi connectivity index (χ2n) is 4.66. The van der Waals surface area contributed by atoms with Crippen LogP contribution in [0.4, 0.5) is 0 Å². The van der Waals surface area contributed by atoms with E-state index in [4.69, 9.17) is 0 Å². The van der Waals surface area contributed by atoms with Crippen molar-refractivity contribution in [1.82, 2.24) is 5.32 Å². The summed E-state index contributed by atoms with van der Waals surface area (Å²) in [5.74, 6) is 0. The van der Waals surface area contributed by atoms with Gasteiger partial charge < -0.3 is 10.4 Å². The average molecular weight is 235 g/mol. The van der Waals surface area contributed by atoms with E-state index in [1.54, 1.807) is 0 Å². The zero-order valence-electron chi connectivity index (χ0n) is 11.2. The zero-order chi connectivity index (χ0) is 12.7. The molecule has 0 heterocycles. The van der Waals surface area contributed by atoms with Gasteiger partial charge in [0, 0.05) is 6.04 Å². The standard InChI is InChI=1S/C15H25NO/c1-4-6-7-14(16-5-2)15(17)13-10-8-12(3)9-11-13/h8-11,14-17H,4-7H2,1-3H3. The third-order valence-electron chi connectivity index (χ3n) is 3.13. The number of aliphatic hydroxyl groups is 1. The fourth-order valence-electron chi connectivity index (χ4n) is 2.05. The first-order valence-electron chi connectivity index (χ1n) is 6.67. The summed E-state index contributed by atoms with van der Waals surface area (Å²) in [4.78, 5) is 0. The van der Waals surface area contributed by atoms with Crippen molar-refractivity contribution in [1.29, 1.82) is 0 Å². The van der Waals surface area contributed by atoms with Crippen LogP contribution in [0.25, 0.3) is 0 Å². The lowest BCUT2D eigenvalue weighted by Crippen LogP contribution is -2.34. The SMILES string of the molecule is CCCCC(NCC)C(O)c1ccc(C)cc1. The normalized spacial score (nSPS) is 14.6. The summed E-state index contributed by atoms with van der Waals surface area (Å²) in [7, 11) is 0. The van der Waals surface area contributed by atoms with E-state index in [0.29, 0.717) is 0 Å². The third kappa shape index (κ3) is 4.49. The van der Waals surface area contributed by atoms with E-state index in [-0.39, 0.29) is 6.04 Å². The van der Waals surface area contributed by atoms with Crippen LogP contribution in [0.3, 0.4) is 0 Å². The minimum atomic E-state index is -0.401.